The lowest BCUT2D eigenvalue weighted by Gasteiger charge is -2.01. The van der Waals surface area contributed by atoms with Gasteiger partial charge in [0.15, 0.2) is 0 Å². The van der Waals surface area contributed by atoms with Crippen molar-refractivity contribution in [3.05, 3.63) is 0 Å². The van der Waals surface area contributed by atoms with Crippen LogP contribution in [-0.4, -0.2) is 32.8 Å². The summed E-state index contributed by atoms with van der Waals surface area (Å²) in [6.07, 6.45) is 3.36. The second kappa shape index (κ2) is 10.2. The maximum absolute atomic E-state index is 5.50. The van der Waals surface area contributed by atoms with Gasteiger partial charge in [-0.3, -0.25) is 0 Å². The van der Waals surface area contributed by atoms with E-state index in [1.54, 1.807) is 7.11 Å². The summed E-state index contributed by atoms with van der Waals surface area (Å²) in [4.78, 5) is 0. The molecular weight excluding hydrogens is 164 g/mol. The Kier molecular flexibility index (Phi) is 10.4. The lowest BCUT2D eigenvalue weighted by Crippen LogP contribution is -2.02. The van der Waals surface area contributed by atoms with Gasteiger partial charge in [0.05, 0.1) is 13.2 Å². The molecule has 0 aromatic heterocycles. The van der Waals surface area contributed by atoms with Crippen LogP contribution >= 0.6 is 11.6 Å². The van der Waals surface area contributed by atoms with Crippen LogP contribution in [0.2, 0.25) is 0 Å². The van der Waals surface area contributed by atoms with Crippen molar-refractivity contribution >= 4 is 11.6 Å². The van der Waals surface area contributed by atoms with Crippen LogP contribution in [0.25, 0.3) is 0 Å². The summed E-state index contributed by atoms with van der Waals surface area (Å²) in [7, 11) is 1.68. The molecule has 0 spiro atoms. The van der Waals surface area contributed by atoms with E-state index in [0.29, 0.717) is 13.2 Å². The Morgan fingerprint density at radius 1 is 1.00 bits per heavy atom. The molecule has 0 heterocycles. The highest BCUT2D eigenvalue weighted by molar-refractivity contribution is 6.17. The normalized spacial score (nSPS) is 10.4. The van der Waals surface area contributed by atoms with Crippen molar-refractivity contribution in [2.75, 3.05) is 32.8 Å². The average molecular weight is 181 g/mol. The van der Waals surface area contributed by atoms with Gasteiger partial charge in [0.1, 0.15) is 0 Å². The summed E-state index contributed by atoms with van der Waals surface area (Å²) in [6.45, 7) is 2.23. The fourth-order valence-electron chi connectivity index (χ4n) is 0.720. The molecule has 0 aromatic carbocycles. The molecule has 0 unspecified atom stereocenters. The van der Waals surface area contributed by atoms with Gasteiger partial charge in [-0.1, -0.05) is 0 Å². The SMILES string of the molecule is COCCOCCCCCCl. The van der Waals surface area contributed by atoms with Gasteiger partial charge in [-0.15, -0.1) is 11.6 Å². The molecule has 0 radical (unpaired) electrons. The van der Waals surface area contributed by atoms with Crippen LogP contribution < -0.4 is 0 Å². The van der Waals surface area contributed by atoms with Crippen molar-refractivity contribution in [2.45, 2.75) is 19.3 Å². The Morgan fingerprint density at radius 2 is 1.82 bits per heavy atom. The minimum atomic E-state index is 0.690. The highest BCUT2D eigenvalue weighted by Crippen LogP contribution is 1.96. The number of methoxy groups -OCH3 is 1. The standard InChI is InChI=1S/C8H17ClO2/c1-10-7-8-11-6-4-2-3-5-9/h2-8H2,1H3. The predicted molar refractivity (Wildman–Crippen MR) is 47.3 cm³/mol. The quantitative estimate of drug-likeness (QED) is 0.421. The lowest BCUT2D eigenvalue weighted by molar-refractivity contribution is 0.0687. The molecule has 0 N–H and O–H groups in total. The minimum Gasteiger partial charge on any atom is -0.382 e. The van der Waals surface area contributed by atoms with Crippen LogP contribution in [0.1, 0.15) is 19.3 Å². The highest BCUT2D eigenvalue weighted by Gasteiger charge is 1.88. The summed E-state index contributed by atoms with van der Waals surface area (Å²) < 4.78 is 10.1. The summed E-state index contributed by atoms with van der Waals surface area (Å²) in [5.74, 6) is 0.762. The van der Waals surface area contributed by atoms with Gasteiger partial charge in [-0.05, 0) is 19.3 Å². The third-order valence-corrected chi connectivity index (χ3v) is 1.62. The van der Waals surface area contributed by atoms with E-state index in [2.05, 4.69) is 0 Å². The maximum Gasteiger partial charge on any atom is 0.0700 e. The zero-order chi connectivity index (χ0) is 8.36. The van der Waals surface area contributed by atoms with Crippen molar-refractivity contribution in [3.63, 3.8) is 0 Å². The minimum absolute atomic E-state index is 0.690. The Hall–Kier alpha value is 0.210. The molecule has 0 rings (SSSR count). The molecule has 3 heteroatoms. The van der Waals surface area contributed by atoms with E-state index in [9.17, 15) is 0 Å². The van der Waals surface area contributed by atoms with Gasteiger partial charge in [0.25, 0.3) is 0 Å². The Morgan fingerprint density at radius 3 is 2.45 bits per heavy atom. The van der Waals surface area contributed by atoms with Crippen molar-refractivity contribution in [1.29, 1.82) is 0 Å². The second-order valence-corrected chi connectivity index (χ2v) is 2.73. The predicted octanol–water partition coefficient (Wildman–Crippen LogP) is 2.06. The third kappa shape index (κ3) is 10.2. The van der Waals surface area contributed by atoms with Crippen LogP contribution in [0.4, 0.5) is 0 Å². The summed E-state index contributed by atoms with van der Waals surface area (Å²) >= 11 is 5.50. The Balaban J connectivity index is 2.69. The van der Waals surface area contributed by atoms with Crippen molar-refractivity contribution in [2.24, 2.45) is 0 Å². The number of ether oxygens (including phenoxy) is 2. The summed E-state index contributed by atoms with van der Waals surface area (Å²) in [6, 6.07) is 0. The van der Waals surface area contributed by atoms with E-state index in [4.69, 9.17) is 21.1 Å². The average Bonchev–Trinajstić information content (AvgIpc) is 2.03. The Labute approximate surface area is 73.8 Å². The number of halogens is 1. The van der Waals surface area contributed by atoms with E-state index in [0.717, 1.165) is 31.7 Å². The fourth-order valence-corrected chi connectivity index (χ4v) is 0.909. The first-order valence-electron chi connectivity index (χ1n) is 4.04. The van der Waals surface area contributed by atoms with Crippen molar-refractivity contribution in [1.82, 2.24) is 0 Å². The molecule has 0 aliphatic heterocycles. The van der Waals surface area contributed by atoms with Gasteiger partial charge >= 0.3 is 0 Å². The molecular formula is C8H17ClO2. The zero-order valence-electron chi connectivity index (χ0n) is 7.14. The smallest absolute Gasteiger partial charge is 0.0700 e. The van der Waals surface area contributed by atoms with Crippen LogP contribution in [-0.2, 0) is 9.47 Å². The van der Waals surface area contributed by atoms with E-state index < -0.39 is 0 Å². The molecule has 68 valence electrons. The molecule has 0 aliphatic carbocycles. The number of rotatable bonds is 8. The first-order chi connectivity index (χ1) is 5.41. The number of hydrogen-bond donors (Lipinski definition) is 0. The fraction of sp³-hybridized carbons (Fsp3) is 1.00. The molecule has 0 fully saturated rings. The molecule has 0 amide bonds. The van der Waals surface area contributed by atoms with E-state index in [1.165, 1.54) is 0 Å². The van der Waals surface area contributed by atoms with E-state index in [1.807, 2.05) is 0 Å². The van der Waals surface area contributed by atoms with Gasteiger partial charge in [0, 0.05) is 19.6 Å². The molecule has 0 bridgehead atoms. The molecule has 0 saturated heterocycles. The van der Waals surface area contributed by atoms with Crippen LogP contribution in [0.5, 0.6) is 0 Å². The van der Waals surface area contributed by atoms with Gasteiger partial charge in [0.2, 0.25) is 0 Å². The zero-order valence-corrected chi connectivity index (χ0v) is 7.90. The van der Waals surface area contributed by atoms with Crippen molar-refractivity contribution in [3.8, 4) is 0 Å². The first-order valence-corrected chi connectivity index (χ1v) is 4.58. The van der Waals surface area contributed by atoms with E-state index in [-0.39, 0.29) is 0 Å². The number of hydrogen-bond acceptors (Lipinski definition) is 2. The van der Waals surface area contributed by atoms with E-state index >= 15 is 0 Å². The molecule has 0 aromatic rings. The van der Waals surface area contributed by atoms with Gasteiger partial charge < -0.3 is 9.47 Å². The maximum atomic E-state index is 5.50. The molecule has 2 nitrogen and oxygen atoms in total. The third-order valence-electron chi connectivity index (χ3n) is 1.35. The highest BCUT2D eigenvalue weighted by atomic mass is 35.5. The lowest BCUT2D eigenvalue weighted by atomic mass is 10.3. The Bertz CT molecular complexity index is 61.1. The number of alkyl halides is 1. The summed E-state index contributed by atoms with van der Waals surface area (Å²) in [5, 5.41) is 0. The van der Waals surface area contributed by atoms with Crippen LogP contribution in [0.3, 0.4) is 0 Å². The molecule has 0 saturated carbocycles. The second-order valence-electron chi connectivity index (χ2n) is 2.35. The molecule has 0 atom stereocenters. The van der Waals surface area contributed by atoms with Crippen LogP contribution in [0, 0.1) is 0 Å². The largest absolute Gasteiger partial charge is 0.382 e. The monoisotopic (exact) mass is 180 g/mol. The molecule has 0 aliphatic rings. The van der Waals surface area contributed by atoms with Crippen LogP contribution in [0.15, 0.2) is 0 Å². The van der Waals surface area contributed by atoms with Gasteiger partial charge in [-0.2, -0.15) is 0 Å². The summed E-state index contributed by atoms with van der Waals surface area (Å²) in [5.41, 5.74) is 0. The first kappa shape index (κ1) is 11.2. The van der Waals surface area contributed by atoms with Crippen molar-refractivity contribution < 1.29 is 9.47 Å². The number of unbranched alkanes of at least 4 members (excludes halogenated alkanes) is 2. The van der Waals surface area contributed by atoms with Gasteiger partial charge in [-0.25, -0.2) is 0 Å². The molecule has 11 heavy (non-hydrogen) atoms. The topological polar surface area (TPSA) is 18.5 Å².